The van der Waals surface area contributed by atoms with E-state index in [1.165, 1.54) is 0 Å². The molecule has 1 aliphatic carbocycles. The van der Waals surface area contributed by atoms with E-state index in [1.54, 1.807) is 17.5 Å². The van der Waals surface area contributed by atoms with Gasteiger partial charge in [0.2, 0.25) is 5.91 Å². The van der Waals surface area contributed by atoms with Crippen LogP contribution in [0.15, 0.2) is 11.6 Å². The van der Waals surface area contributed by atoms with Crippen molar-refractivity contribution in [2.75, 3.05) is 26.2 Å². The molecule has 2 heterocycles. The van der Waals surface area contributed by atoms with Gasteiger partial charge in [0.1, 0.15) is 16.7 Å². The van der Waals surface area contributed by atoms with Crippen molar-refractivity contribution < 1.29 is 9.53 Å². The first-order chi connectivity index (χ1) is 10.6. The average molecular weight is 320 g/mol. The van der Waals surface area contributed by atoms with E-state index in [4.69, 9.17) is 4.74 Å². The fourth-order valence-electron chi connectivity index (χ4n) is 2.80. The van der Waals surface area contributed by atoms with E-state index in [9.17, 15) is 10.1 Å². The molecular weight excluding hydrogens is 300 g/mol. The summed E-state index contributed by atoms with van der Waals surface area (Å²) in [6.07, 6.45) is 3.75. The minimum absolute atomic E-state index is 0.0627. The van der Waals surface area contributed by atoms with Crippen LogP contribution in [-0.4, -0.2) is 47.6 Å². The van der Waals surface area contributed by atoms with Crippen molar-refractivity contribution in [1.82, 2.24) is 15.2 Å². The zero-order valence-electron chi connectivity index (χ0n) is 12.6. The Bertz CT molecular complexity index is 567. The lowest BCUT2D eigenvalue weighted by Gasteiger charge is -2.32. The smallest absolute Gasteiger partial charge is 0.235 e. The monoisotopic (exact) mass is 320 g/mol. The molecule has 3 rings (SSSR count). The molecule has 0 radical (unpaired) electrons. The molecule has 1 aromatic rings. The standard InChI is InChI=1S/C15H20N4O2S/c1-15(10-16,11-2-3-11)18-13(20)9-19-5-6-21-12(8-19)14-17-4-7-22-14/h4,7,11-12H,2-3,5-6,8-9H2,1H3,(H,18,20)/t12-,15+/m1/s1. The first-order valence-electron chi connectivity index (χ1n) is 7.56. The number of aromatic nitrogens is 1. The molecule has 1 aliphatic heterocycles. The van der Waals surface area contributed by atoms with E-state index in [1.807, 2.05) is 12.3 Å². The molecule has 1 saturated heterocycles. The van der Waals surface area contributed by atoms with Gasteiger partial charge in [0, 0.05) is 24.7 Å². The summed E-state index contributed by atoms with van der Waals surface area (Å²) >= 11 is 1.57. The summed E-state index contributed by atoms with van der Waals surface area (Å²) in [6, 6.07) is 2.26. The van der Waals surface area contributed by atoms with Gasteiger partial charge < -0.3 is 10.1 Å². The quantitative estimate of drug-likeness (QED) is 0.885. The highest BCUT2D eigenvalue weighted by molar-refractivity contribution is 7.09. The molecule has 2 aliphatic rings. The Morgan fingerprint density at radius 1 is 1.68 bits per heavy atom. The van der Waals surface area contributed by atoms with Crippen molar-refractivity contribution in [3.63, 3.8) is 0 Å². The lowest BCUT2D eigenvalue weighted by Crippen LogP contribution is -2.51. The molecule has 1 N–H and O–H groups in total. The molecule has 7 heteroatoms. The Labute approximate surface area is 134 Å². The molecular formula is C15H20N4O2S. The van der Waals surface area contributed by atoms with Crippen molar-refractivity contribution in [1.29, 1.82) is 5.26 Å². The largest absolute Gasteiger partial charge is 0.368 e. The van der Waals surface area contributed by atoms with Gasteiger partial charge in [-0.25, -0.2) is 4.98 Å². The second-order valence-corrected chi connectivity index (χ2v) is 7.03. The van der Waals surface area contributed by atoms with Gasteiger partial charge in [0.15, 0.2) is 0 Å². The fraction of sp³-hybridized carbons (Fsp3) is 0.667. The Hall–Kier alpha value is -1.49. The van der Waals surface area contributed by atoms with Crippen LogP contribution in [0.5, 0.6) is 0 Å². The van der Waals surface area contributed by atoms with Crippen LogP contribution >= 0.6 is 11.3 Å². The van der Waals surface area contributed by atoms with Gasteiger partial charge in [-0.3, -0.25) is 9.69 Å². The van der Waals surface area contributed by atoms with Crippen LogP contribution in [-0.2, 0) is 9.53 Å². The van der Waals surface area contributed by atoms with Crippen LogP contribution < -0.4 is 5.32 Å². The van der Waals surface area contributed by atoms with Crippen molar-refractivity contribution >= 4 is 17.2 Å². The Balaban J connectivity index is 1.54. The lowest BCUT2D eigenvalue weighted by molar-refractivity contribution is -0.125. The Morgan fingerprint density at radius 3 is 3.14 bits per heavy atom. The van der Waals surface area contributed by atoms with Gasteiger partial charge in [-0.1, -0.05) is 0 Å². The number of thiazole rings is 1. The predicted octanol–water partition coefficient (Wildman–Crippen LogP) is 1.32. The van der Waals surface area contributed by atoms with Crippen LogP contribution in [0.4, 0.5) is 0 Å². The summed E-state index contributed by atoms with van der Waals surface area (Å²) in [5.41, 5.74) is -0.724. The molecule has 0 bridgehead atoms. The SMILES string of the molecule is C[C@@](C#N)(NC(=O)CN1CCO[C@@H](c2nccs2)C1)C1CC1. The summed E-state index contributed by atoms with van der Waals surface area (Å²) in [4.78, 5) is 18.6. The maximum atomic E-state index is 12.3. The number of ether oxygens (including phenoxy) is 1. The topological polar surface area (TPSA) is 78.2 Å². The van der Waals surface area contributed by atoms with Crippen molar-refractivity contribution in [2.45, 2.75) is 31.4 Å². The van der Waals surface area contributed by atoms with Crippen LogP contribution in [0.25, 0.3) is 0 Å². The Kier molecular flexibility index (Phi) is 4.43. The van der Waals surface area contributed by atoms with Gasteiger partial charge in [-0.2, -0.15) is 5.26 Å². The number of carbonyl (C=O) groups is 1. The van der Waals surface area contributed by atoms with Crippen LogP contribution in [0.3, 0.4) is 0 Å². The molecule has 1 aromatic heterocycles. The summed E-state index contributed by atoms with van der Waals surface area (Å²) < 4.78 is 5.73. The summed E-state index contributed by atoms with van der Waals surface area (Å²) in [5.74, 6) is 0.213. The van der Waals surface area contributed by atoms with Crippen molar-refractivity contribution in [3.8, 4) is 6.07 Å². The molecule has 0 unspecified atom stereocenters. The van der Waals surface area contributed by atoms with Gasteiger partial charge in [-0.15, -0.1) is 11.3 Å². The second-order valence-electron chi connectivity index (χ2n) is 6.10. The summed E-state index contributed by atoms with van der Waals surface area (Å²) in [5, 5.41) is 15.1. The molecule has 22 heavy (non-hydrogen) atoms. The van der Waals surface area contributed by atoms with Crippen LogP contribution in [0.2, 0.25) is 0 Å². The van der Waals surface area contributed by atoms with E-state index in [2.05, 4.69) is 21.3 Å². The van der Waals surface area contributed by atoms with Crippen molar-refractivity contribution in [3.05, 3.63) is 16.6 Å². The van der Waals surface area contributed by atoms with Crippen molar-refractivity contribution in [2.24, 2.45) is 5.92 Å². The van der Waals surface area contributed by atoms with Crippen LogP contribution in [0, 0.1) is 17.2 Å². The maximum absolute atomic E-state index is 12.3. The maximum Gasteiger partial charge on any atom is 0.235 e. The summed E-state index contributed by atoms with van der Waals surface area (Å²) in [7, 11) is 0. The predicted molar refractivity (Wildman–Crippen MR) is 82.1 cm³/mol. The molecule has 1 saturated carbocycles. The van der Waals surface area contributed by atoms with Gasteiger partial charge >= 0.3 is 0 Å². The number of carbonyl (C=O) groups excluding carboxylic acids is 1. The van der Waals surface area contributed by atoms with E-state index < -0.39 is 5.54 Å². The molecule has 1 amide bonds. The molecule has 6 nitrogen and oxygen atoms in total. The number of nitrogens with zero attached hydrogens (tertiary/aromatic N) is 3. The minimum Gasteiger partial charge on any atom is -0.368 e. The van der Waals surface area contributed by atoms with Crippen LogP contribution in [0.1, 0.15) is 30.9 Å². The highest BCUT2D eigenvalue weighted by Crippen LogP contribution is 2.39. The summed E-state index contributed by atoms with van der Waals surface area (Å²) in [6.45, 7) is 4.10. The zero-order chi connectivity index (χ0) is 15.6. The van der Waals surface area contributed by atoms with Gasteiger partial charge in [0.25, 0.3) is 0 Å². The third-order valence-corrected chi connectivity index (χ3v) is 5.14. The number of nitrogens with one attached hydrogen (secondary N) is 1. The number of hydrogen-bond donors (Lipinski definition) is 1. The molecule has 118 valence electrons. The van der Waals surface area contributed by atoms with E-state index >= 15 is 0 Å². The normalized spacial score (nSPS) is 25.2. The molecule has 0 aromatic carbocycles. The molecule has 2 atom stereocenters. The van der Waals surface area contributed by atoms with E-state index in [0.717, 1.165) is 24.4 Å². The lowest BCUT2D eigenvalue weighted by atomic mass is 9.98. The third-order valence-electron chi connectivity index (χ3n) is 4.27. The number of rotatable bonds is 5. The minimum atomic E-state index is -0.724. The highest BCUT2D eigenvalue weighted by Gasteiger charge is 2.43. The zero-order valence-corrected chi connectivity index (χ0v) is 13.4. The molecule has 2 fully saturated rings. The number of amides is 1. The third kappa shape index (κ3) is 3.46. The fourth-order valence-corrected chi connectivity index (χ4v) is 3.48. The van der Waals surface area contributed by atoms with Gasteiger partial charge in [0.05, 0.1) is 19.2 Å². The first-order valence-corrected chi connectivity index (χ1v) is 8.44. The van der Waals surface area contributed by atoms with Gasteiger partial charge in [-0.05, 0) is 25.7 Å². The van der Waals surface area contributed by atoms with E-state index in [0.29, 0.717) is 25.6 Å². The number of morpholine rings is 1. The number of nitriles is 1. The number of hydrogen-bond acceptors (Lipinski definition) is 6. The highest BCUT2D eigenvalue weighted by atomic mass is 32.1. The van der Waals surface area contributed by atoms with E-state index in [-0.39, 0.29) is 12.0 Å². The second kappa shape index (κ2) is 6.32. The average Bonchev–Trinajstić information content (AvgIpc) is 3.23. The Morgan fingerprint density at radius 2 is 2.50 bits per heavy atom. The first kappa shape index (κ1) is 15.4. The molecule has 0 spiro atoms.